The fourth-order valence-electron chi connectivity index (χ4n) is 1.44. The van der Waals surface area contributed by atoms with Gasteiger partial charge in [-0.2, -0.15) is 8.42 Å². The maximum absolute atomic E-state index is 10.8. The van der Waals surface area contributed by atoms with Crippen LogP contribution in [-0.4, -0.2) is 18.7 Å². The van der Waals surface area contributed by atoms with E-state index >= 15 is 0 Å². The zero-order valence-electron chi connectivity index (χ0n) is 8.57. The third-order valence-electron chi connectivity index (χ3n) is 2.17. The lowest BCUT2D eigenvalue weighted by Crippen LogP contribution is -2.27. The Kier molecular flexibility index (Phi) is 3.58. The minimum Gasteiger partial charge on any atom is -0.286 e. The highest BCUT2D eigenvalue weighted by Gasteiger charge is 2.26. The number of benzene rings is 1. The largest absolute Gasteiger partial charge is 0.286 e. The molecule has 1 aromatic rings. The first kappa shape index (κ1) is 12.7. The minimum absolute atomic E-state index is 0.276. The van der Waals surface area contributed by atoms with E-state index in [1.165, 1.54) is 0 Å². The molecule has 0 saturated carbocycles. The minimum atomic E-state index is -3.95. The van der Waals surface area contributed by atoms with Crippen LogP contribution in [0.2, 0.25) is 0 Å². The molecule has 0 bridgehead atoms. The van der Waals surface area contributed by atoms with E-state index in [-0.39, 0.29) is 5.75 Å². The van der Waals surface area contributed by atoms with Crippen molar-refractivity contribution in [3.05, 3.63) is 34.3 Å². The molecule has 1 rings (SSSR count). The van der Waals surface area contributed by atoms with Crippen LogP contribution >= 0.6 is 15.9 Å². The van der Waals surface area contributed by atoms with Gasteiger partial charge < -0.3 is 0 Å². The summed E-state index contributed by atoms with van der Waals surface area (Å²) in [7, 11) is -3.95. The fraction of sp³-hybridized carbons (Fsp3) is 0.400. The van der Waals surface area contributed by atoms with E-state index in [4.69, 9.17) is 4.55 Å². The van der Waals surface area contributed by atoms with Crippen LogP contribution in [0.4, 0.5) is 0 Å². The van der Waals surface area contributed by atoms with Crippen molar-refractivity contribution >= 4 is 26.0 Å². The average Bonchev–Trinajstić information content (AvgIpc) is 2.00. The molecule has 0 amide bonds. The quantitative estimate of drug-likeness (QED) is 0.872. The average molecular weight is 293 g/mol. The number of hydrogen-bond donors (Lipinski definition) is 1. The van der Waals surface area contributed by atoms with Crippen LogP contribution in [0.3, 0.4) is 0 Å². The third kappa shape index (κ3) is 3.93. The Morgan fingerprint density at radius 1 is 1.27 bits per heavy atom. The van der Waals surface area contributed by atoms with E-state index in [0.29, 0.717) is 0 Å². The molecule has 0 spiro atoms. The lowest BCUT2D eigenvalue weighted by molar-refractivity contribution is 0.460. The Morgan fingerprint density at radius 3 is 2.13 bits per heavy atom. The summed E-state index contributed by atoms with van der Waals surface area (Å²) in [4.78, 5) is 0. The topological polar surface area (TPSA) is 54.4 Å². The summed E-state index contributed by atoms with van der Waals surface area (Å²) in [5.41, 5.74) is 0.289. The molecule has 0 aliphatic carbocycles. The van der Waals surface area contributed by atoms with Gasteiger partial charge in [0.2, 0.25) is 0 Å². The van der Waals surface area contributed by atoms with Gasteiger partial charge in [-0.15, -0.1) is 0 Å². The molecule has 5 heteroatoms. The number of halogens is 1. The highest BCUT2D eigenvalue weighted by Crippen LogP contribution is 2.26. The van der Waals surface area contributed by atoms with Crippen LogP contribution in [0.25, 0.3) is 0 Å². The highest BCUT2D eigenvalue weighted by atomic mass is 79.9. The standard InChI is InChI=1S/C10H13BrO3S/c1-10(2,7-15(12,13)14)8-3-5-9(11)6-4-8/h3-6H,7H2,1-2H3,(H,12,13,14). The van der Waals surface area contributed by atoms with Gasteiger partial charge in [0.15, 0.2) is 0 Å². The summed E-state index contributed by atoms with van der Waals surface area (Å²) in [6.45, 7) is 3.56. The summed E-state index contributed by atoms with van der Waals surface area (Å²) >= 11 is 3.31. The van der Waals surface area contributed by atoms with Gasteiger partial charge in [-0.05, 0) is 17.7 Å². The van der Waals surface area contributed by atoms with E-state index in [1.807, 2.05) is 24.3 Å². The first-order chi connectivity index (χ1) is 6.71. The lowest BCUT2D eigenvalue weighted by atomic mass is 9.87. The van der Waals surface area contributed by atoms with Crippen molar-refractivity contribution in [1.29, 1.82) is 0 Å². The van der Waals surface area contributed by atoms with Crippen LogP contribution in [0.5, 0.6) is 0 Å². The third-order valence-corrected chi connectivity index (χ3v) is 3.78. The SMILES string of the molecule is CC(C)(CS(=O)(=O)O)c1ccc(Br)cc1. The van der Waals surface area contributed by atoms with Gasteiger partial charge in [-0.25, -0.2) is 0 Å². The maximum atomic E-state index is 10.8. The van der Waals surface area contributed by atoms with Crippen molar-refractivity contribution in [2.45, 2.75) is 19.3 Å². The van der Waals surface area contributed by atoms with Crippen molar-refractivity contribution in [2.75, 3.05) is 5.75 Å². The molecule has 0 aromatic heterocycles. The van der Waals surface area contributed by atoms with Gasteiger partial charge >= 0.3 is 0 Å². The van der Waals surface area contributed by atoms with Gasteiger partial charge in [0.1, 0.15) is 0 Å². The first-order valence-electron chi connectivity index (χ1n) is 4.42. The van der Waals surface area contributed by atoms with E-state index in [9.17, 15) is 8.42 Å². The van der Waals surface area contributed by atoms with Gasteiger partial charge in [0.25, 0.3) is 10.1 Å². The van der Waals surface area contributed by atoms with Crippen LogP contribution in [0.1, 0.15) is 19.4 Å². The summed E-state index contributed by atoms with van der Waals surface area (Å²) in [6.07, 6.45) is 0. The Bertz CT molecular complexity index is 434. The van der Waals surface area contributed by atoms with E-state index in [0.717, 1.165) is 10.0 Å². The van der Waals surface area contributed by atoms with Crippen LogP contribution in [0.15, 0.2) is 28.7 Å². The van der Waals surface area contributed by atoms with Crippen molar-refractivity contribution in [1.82, 2.24) is 0 Å². The maximum Gasteiger partial charge on any atom is 0.265 e. The Labute approximate surface area is 98.4 Å². The predicted molar refractivity (Wildman–Crippen MR) is 63.6 cm³/mol. The first-order valence-corrected chi connectivity index (χ1v) is 6.82. The van der Waals surface area contributed by atoms with E-state index < -0.39 is 15.5 Å². The molecule has 1 N–H and O–H groups in total. The number of hydrogen-bond acceptors (Lipinski definition) is 2. The molecule has 0 heterocycles. The molecule has 0 aliphatic rings. The van der Waals surface area contributed by atoms with Crippen molar-refractivity contribution in [3.63, 3.8) is 0 Å². The predicted octanol–water partition coefficient (Wildman–Crippen LogP) is 2.61. The van der Waals surface area contributed by atoms with Gasteiger partial charge in [0, 0.05) is 9.89 Å². The second-order valence-corrected chi connectivity index (χ2v) is 6.49. The van der Waals surface area contributed by atoms with Crippen molar-refractivity contribution < 1.29 is 13.0 Å². The zero-order chi connectivity index (χ0) is 11.7. The molecule has 1 aromatic carbocycles. The number of rotatable bonds is 3. The molecule has 0 aliphatic heterocycles. The molecular formula is C10H13BrO3S. The Morgan fingerprint density at radius 2 is 1.73 bits per heavy atom. The molecule has 0 saturated heterocycles. The molecule has 84 valence electrons. The van der Waals surface area contributed by atoms with Crippen molar-refractivity contribution in [3.8, 4) is 0 Å². The van der Waals surface area contributed by atoms with Crippen molar-refractivity contribution in [2.24, 2.45) is 0 Å². The van der Waals surface area contributed by atoms with Gasteiger partial charge in [0.05, 0.1) is 5.75 Å². The van der Waals surface area contributed by atoms with Gasteiger partial charge in [-0.1, -0.05) is 41.9 Å². The summed E-state index contributed by atoms with van der Waals surface area (Å²) in [5.74, 6) is -0.276. The summed E-state index contributed by atoms with van der Waals surface area (Å²) in [5, 5.41) is 0. The van der Waals surface area contributed by atoms with Crippen LogP contribution in [0, 0.1) is 0 Å². The fourth-order valence-corrected chi connectivity index (χ4v) is 2.78. The molecule has 0 fully saturated rings. The molecule has 15 heavy (non-hydrogen) atoms. The monoisotopic (exact) mass is 292 g/mol. The Hall–Kier alpha value is -0.390. The normalized spacial score (nSPS) is 12.8. The zero-order valence-corrected chi connectivity index (χ0v) is 11.0. The molecule has 0 atom stereocenters. The summed E-state index contributed by atoms with van der Waals surface area (Å²) < 4.78 is 31.4. The highest BCUT2D eigenvalue weighted by molar-refractivity contribution is 9.10. The second-order valence-electron chi connectivity index (χ2n) is 4.12. The van der Waals surface area contributed by atoms with E-state index in [1.54, 1.807) is 13.8 Å². The van der Waals surface area contributed by atoms with Crippen LogP contribution < -0.4 is 0 Å². The van der Waals surface area contributed by atoms with E-state index in [2.05, 4.69) is 15.9 Å². The second kappa shape index (κ2) is 4.23. The molecule has 0 unspecified atom stereocenters. The molecular weight excluding hydrogens is 280 g/mol. The van der Waals surface area contributed by atoms with Crippen LogP contribution in [-0.2, 0) is 15.5 Å². The van der Waals surface area contributed by atoms with Gasteiger partial charge in [-0.3, -0.25) is 4.55 Å². The Balaban J connectivity index is 3.00. The molecule has 3 nitrogen and oxygen atoms in total. The smallest absolute Gasteiger partial charge is 0.265 e. The lowest BCUT2D eigenvalue weighted by Gasteiger charge is -2.23. The molecule has 0 radical (unpaired) electrons. The summed E-state index contributed by atoms with van der Waals surface area (Å²) in [6, 6.07) is 7.38.